The van der Waals surface area contributed by atoms with Gasteiger partial charge in [-0.3, -0.25) is 5.41 Å². The van der Waals surface area contributed by atoms with Gasteiger partial charge in [0.2, 0.25) is 0 Å². The van der Waals surface area contributed by atoms with Crippen molar-refractivity contribution >= 4 is 5.84 Å². The van der Waals surface area contributed by atoms with Gasteiger partial charge in [0.05, 0.1) is 0 Å². The van der Waals surface area contributed by atoms with Crippen LogP contribution in [0, 0.1) is 17.1 Å². The number of hydrogen-bond donors (Lipinski definition) is 1. The van der Waals surface area contributed by atoms with Crippen molar-refractivity contribution in [2.75, 3.05) is 6.54 Å². The molecule has 3 heteroatoms. The van der Waals surface area contributed by atoms with E-state index in [1.165, 1.54) is 12.1 Å². The Morgan fingerprint density at radius 3 is 2.63 bits per heavy atom. The molecule has 2 nitrogen and oxygen atoms in total. The maximum atomic E-state index is 13.3. The summed E-state index contributed by atoms with van der Waals surface area (Å²) in [6.45, 7) is 11.0. The second-order valence-corrected chi connectivity index (χ2v) is 5.01. The number of halogens is 1. The monoisotopic (exact) mass is 262 g/mol. The van der Waals surface area contributed by atoms with Gasteiger partial charge in [0.25, 0.3) is 0 Å². The van der Waals surface area contributed by atoms with Crippen molar-refractivity contribution in [3.05, 3.63) is 47.9 Å². The van der Waals surface area contributed by atoms with Crippen molar-refractivity contribution in [2.45, 2.75) is 33.6 Å². The lowest BCUT2D eigenvalue weighted by Gasteiger charge is -2.29. The van der Waals surface area contributed by atoms with Gasteiger partial charge in [-0.05, 0) is 24.5 Å². The SMILES string of the molecule is C=C(C(C)C)N(CCCC)C(=N)c1cccc(F)c1. The minimum atomic E-state index is -0.312. The topological polar surface area (TPSA) is 27.1 Å². The molecule has 0 unspecified atom stereocenters. The summed E-state index contributed by atoms with van der Waals surface area (Å²) in [4.78, 5) is 1.89. The predicted octanol–water partition coefficient (Wildman–Crippen LogP) is 4.42. The molecular formula is C16H23FN2. The molecule has 0 amide bonds. The van der Waals surface area contributed by atoms with E-state index in [2.05, 4.69) is 27.4 Å². The van der Waals surface area contributed by atoms with Gasteiger partial charge in [-0.1, -0.05) is 45.9 Å². The Morgan fingerprint density at radius 1 is 1.42 bits per heavy atom. The number of rotatable bonds is 6. The summed E-state index contributed by atoms with van der Waals surface area (Å²) in [5, 5.41) is 8.28. The maximum absolute atomic E-state index is 13.3. The van der Waals surface area contributed by atoms with Crippen LogP contribution in [0.3, 0.4) is 0 Å². The molecule has 0 radical (unpaired) electrons. The van der Waals surface area contributed by atoms with E-state index >= 15 is 0 Å². The number of benzene rings is 1. The molecule has 0 fully saturated rings. The van der Waals surface area contributed by atoms with Crippen molar-refractivity contribution < 1.29 is 4.39 Å². The van der Waals surface area contributed by atoms with Crippen LogP contribution in [0.4, 0.5) is 4.39 Å². The number of nitrogens with zero attached hydrogens (tertiary/aromatic N) is 1. The fraction of sp³-hybridized carbons (Fsp3) is 0.438. The number of amidine groups is 1. The molecule has 1 aromatic carbocycles. The summed E-state index contributed by atoms with van der Waals surface area (Å²) in [7, 11) is 0. The molecule has 19 heavy (non-hydrogen) atoms. The van der Waals surface area contributed by atoms with E-state index in [9.17, 15) is 4.39 Å². The van der Waals surface area contributed by atoms with E-state index in [-0.39, 0.29) is 11.7 Å². The molecule has 1 N–H and O–H groups in total. The van der Waals surface area contributed by atoms with Gasteiger partial charge >= 0.3 is 0 Å². The molecule has 0 heterocycles. The third-order valence-electron chi connectivity index (χ3n) is 3.12. The van der Waals surface area contributed by atoms with Gasteiger partial charge in [-0.15, -0.1) is 0 Å². The molecule has 0 spiro atoms. The Morgan fingerprint density at radius 2 is 2.11 bits per heavy atom. The highest BCUT2D eigenvalue weighted by Gasteiger charge is 2.17. The standard InChI is InChI=1S/C16H23FN2/c1-5-6-10-19(13(4)12(2)3)16(18)14-8-7-9-15(17)11-14/h7-9,11-12,18H,4-6,10H2,1-3H3. The molecule has 104 valence electrons. The van der Waals surface area contributed by atoms with Crippen LogP contribution in [0.1, 0.15) is 39.2 Å². The molecule has 0 aliphatic carbocycles. The first-order valence-electron chi connectivity index (χ1n) is 6.78. The van der Waals surface area contributed by atoms with Crippen LogP contribution >= 0.6 is 0 Å². The zero-order valence-electron chi connectivity index (χ0n) is 12.0. The molecule has 0 bridgehead atoms. The van der Waals surface area contributed by atoms with Crippen molar-refractivity contribution in [2.24, 2.45) is 5.92 Å². The third kappa shape index (κ3) is 4.19. The number of allylic oxidation sites excluding steroid dienone is 1. The van der Waals surface area contributed by atoms with Crippen LogP contribution in [0.5, 0.6) is 0 Å². The fourth-order valence-electron chi connectivity index (χ4n) is 1.82. The average molecular weight is 262 g/mol. The van der Waals surface area contributed by atoms with Crippen LogP contribution in [0.2, 0.25) is 0 Å². The van der Waals surface area contributed by atoms with Crippen LogP contribution < -0.4 is 0 Å². The van der Waals surface area contributed by atoms with Crippen molar-refractivity contribution in [3.63, 3.8) is 0 Å². The highest BCUT2D eigenvalue weighted by Crippen LogP contribution is 2.18. The van der Waals surface area contributed by atoms with E-state index in [1.54, 1.807) is 12.1 Å². The molecule has 0 aromatic heterocycles. The summed E-state index contributed by atoms with van der Waals surface area (Å²) in [6.07, 6.45) is 2.04. The van der Waals surface area contributed by atoms with E-state index in [0.29, 0.717) is 11.4 Å². The largest absolute Gasteiger partial charge is 0.330 e. The first-order valence-corrected chi connectivity index (χ1v) is 6.78. The zero-order chi connectivity index (χ0) is 14.4. The minimum Gasteiger partial charge on any atom is -0.330 e. The summed E-state index contributed by atoms with van der Waals surface area (Å²) in [5.41, 5.74) is 1.50. The number of hydrogen-bond acceptors (Lipinski definition) is 1. The van der Waals surface area contributed by atoms with Crippen LogP contribution in [0.25, 0.3) is 0 Å². The Kier molecular flexibility index (Phi) is 5.74. The van der Waals surface area contributed by atoms with Crippen molar-refractivity contribution in [3.8, 4) is 0 Å². The summed E-state index contributed by atoms with van der Waals surface area (Å²) in [5.74, 6) is 0.283. The highest BCUT2D eigenvalue weighted by atomic mass is 19.1. The van der Waals surface area contributed by atoms with Crippen LogP contribution in [-0.4, -0.2) is 17.3 Å². The Balaban J connectivity index is 2.96. The first kappa shape index (κ1) is 15.4. The number of unbranched alkanes of at least 4 members (excludes halogenated alkanes) is 1. The van der Waals surface area contributed by atoms with Gasteiger partial charge in [0.1, 0.15) is 11.7 Å². The lowest BCUT2D eigenvalue weighted by Crippen LogP contribution is -2.33. The van der Waals surface area contributed by atoms with E-state index < -0.39 is 0 Å². The molecule has 0 aliphatic rings. The normalized spacial score (nSPS) is 10.6. The molecule has 0 atom stereocenters. The van der Waals surface area contributed by atoms with Crippen molar-refractivity contribution in [1.82, 2.24) is 4.90 Å². The van der Waals surface area contributed by atoms with Crippen LogP contribution in [0.15, 0.2) is 36.5 Å². The van der Waals surface area contributed by atoms with Gasteiger partial charge in [0, 0.05) is 17.8 Å². The lowest BCUT2D eigenvalue weighted by molar-refractivity contribution is 0.440. The Labute approximate surface area is 115 Å². The second kappa shape index (κ2) is 7.07. The molecular weight excluding hydrogens is 239 g/mol. The summed E-state index contributed by atoms with van der Waals surface area (Å²) < 4.78 is 13.3. The molecule has 0 aliphatic heterocycles. The summed E-state index contributed by atoms with van der Waals surface area (Å²) >= 11 is 0. The van der Waals surface area contributed by atoms with Gasteiger partial charge in [0.15, 0.2) is 0 Å². The quantitative estimate of drug-likeness (QED) is 0.596. The van der Waals surface area contributed by atoms with E-state index in [1.807, 2.05) is 4.90 Å². The first-order chi connectivity index (χ1) is 8.97. The van der Waals surface area contributed by atoms with Gasteiger partial charge < -0.3 is 4.90 Å². The zero-order valence-corrected chi connectivity index (χ0v) is 12.0. The second-order valence-electron chi connectivity index (χ2n) is 5.01. The summed E-state index contributed by atoms with van der Waals surface area (Å²) in [6, 6.07) is 6.19. The Hall–Kier alpha value is -1.64. The highest BCUT2D eigenvalue weighted by molar-refractivity contribution is 5.97. The van der Waals surface area contributed by atoms with E-state index in [0.717, 1.165) is 25.1 Å². The molecule has 0 saturated heterocycles. The average Bonchev–Trinajstić information content (AvgIpc) is 2.38. The van der Waals surface area contributed by atoms with Crippen molar-refractivity contribution in [1.29, 1.82) is 5.41 Å². The van der Waals surface area contributed by atoms with Crippen LogP contribution in [-0.2, 0) is 0 Å². The number of nitrogens with one attached hydrogen (secondary N) is 1. The molecule has 1 aromatic rings. The fourth-order valence-corrected chi connectivity index (χ4v) is 1.82. The van der Waals surface area contributed by atoms with Gasteiger partial charge in [-0.2, -0.15) is 0 Å². The molecule has 0 saturated carbocycles. The van der Waals surface area contributed by atoms with E-state index in [4.69, 9.17) is 5.41 Å². The lowest BCUT2D eigenvalue weighted by atomic mass is 10.1. The van der Waals surface area contributed by atoms with Gasteiger partial charge in [-0.25, -0.2) is 4.39 Å². The smallest absolute Gasteiger partial charge is 0.132 e. The molecule has 1 rings (SSSR count). The minimum absolute atomic E-state index is 0.269. The Bertz CT molecular complexity index is 452. The third-order valence-corrected chi connectivity index (χ3v) is 3.12. The predicted molar refractivity (Wildman–Crippen MR) is 78.8 cm³/mol. The maximum Gasteiger partial charge on any atom is 0.132 e.